The van der Waals surface area contributed by atoms with Crippen LogP contribution in [0.5, 0.6) is 11.5 Å². The molecule has 0 aromatic heterocycles. The maximum atomic E-state index is 9.71. The van der Waals surface area contributed by atoms with Crippen LogP contribution >= 0.6 is 22.6 Å². The van der Waals surface area contributed by atoms with Crippen LogP contribution < -0.4 is 10.5 Å². The lowest BCUT2D eigenvalue weighted by molar-refractivity contribution is 0.371. The molecule has 1 aromatic carbocycles. The van der Waals surface area contributed by atoms with Gasteiger partial charge in [0.25, 0.3) is 0 Å². The molecule has 0 heterocycles. The molecule has 4 heteroatoms. The van der Waals surface area contributed by atoms with Crippen LogP contribution in [0.15, 0.2) is 12.1 Å². The zero-order valence-corrected chi connectivity index (χ0v) is 10.2. The summed E-state index contributed by atoms with van der Waals surface area (Å²) in [5.41, 5.74) is 6.55. The highest BCUT2D eigenvalue weighted by Crippen LogP contribution is 2.33. The first-order valence-electron chi connectivity index (χ1n) is 4.45. The molecular formula is C10H14INO2. The molecule has 0 bridgehead atoms. The third-order valence-electron chi connectivity index (χ3n) is 2.03. The summed E-state index contributed by atoms with van der Waals surface area (Å²) in [6, 6.07) is 3.75. The van der Waals surface area contributed by atoms with Crippen LogP contribution in [0, 0.1) is 3.57 Å². The van der Waals surface area contributed by atoms with Crippen LogP contribution in [0.4, 0.5) is 0 Å². The van der Waals surface area contributed by atoms with E-state index in [2.05, 4.69) is 22.6 Å². The number of aromatic hydroxyl groups is 1. The topological polar surface area (TPSA) is 55.5 Å². The second kappa shape index (κ2) is 5.41. The van der Waals surface area contributed by atoms with Crippen molar-refractivity contribution in [1.82, 2.24) is 0 Å². The monoisotopic (exact) mass is 307 g/mol. The van der Waals surface area contributed by atoms with Crippen LogP contribution in [0.3, 0.4) is 0 Å². The number of halogens is 1. The number of aryl methyl sites for hydroxylation is 1. The molecule has 0 saturated heterocycles. The summed E-state index contributed by atoms with van der Waals surface area (Å²) in [6.07, 6.45) is 1.83. The van der Waals surface area contributed by atoms with Crippen molar-refractivity contribution in [3.05, 3.63) is 21.3 Å². The molecule has 1 rings (SSSR count). The Bertz CT molecular complexity index is 315. The molecule has 78 valence electrons. The summed E-state index contributed by atoms with van der Waals surface area (Å²) >= 11 is 2.12. The van der Waals surface area contributed by atoms with Crippen LogP contribution in [-0.4, -0.2) is 18.8 Å². The Hall–Kier alpha value is -0.490. The number of nitrogens with two attached hydrogens (primary N) is 1. The van der Waals surface area contributed by atoms with Gasteiger partial charge in [-0.15, -0.1) is 0 Å². The number of methoxy groups -OCH3 is 1. The fraction of sp³-hybridized carbons (Fsp3) is 0.400. The molecule has 0 radical (unpaired) electrons. The number of benzene rings is 1. The Labute approximate surface area is 97.4 Å². The number of phenols is 1. The van der Waals surface area contributed by atoms with Gasteiger partial charge in [-0.3, -0.25) is 0 Å². The molecule has 0 amide bonds. The zero-order chi connectivity index (χ0) is 10.6. The van der Waals surface area contributed by atoms with Crippen LogP contribution in [0.25, 0.3) is 0 Å². The van der Waals surface area contributed by atoms with E-state index in [1.165, 1.54) is 0 Å². The van der Waals surface area contributed by atoms with Gasteiger partial charge >= 0.3 is 0 Å². The van der Waals surface area contributed by atoms with Gasteiger partial charge in [0, 0.05) is 0 Å². The molecule has 0 fully saturated rings. The number of hydrogen-bond acceptors (Lipinski definition) is 3. The second-order valence-corrected chi connectivity index (χ2v) is 4.06. The van der Waals surface area contributed by atoms with E-state index in [0.717, 1.165) is 22.0 Å². The first-order valence-corrected chi connectivity index (χ1v) is 5.53. The van der Waals surface area contributed by atoms with Crippen LogP contribution in [0.1, 0.15) is 12.0 Å². The first kappa shape index (κ1) is 11.6. The summed E-state index contributed by atoms with van der Waals surface area (Å²) in [5, 5.41) is 9.71. The largest absolute Gasteiger partial charge is 0.504 e. The Balaban J connectivity index is 2.92. The third kappa shape index (κ3) is 2.51. The lowest BCUT2D eigenvalue weighted by atomic mass is 10.1. The molecule has 0 aliphatic carbocycles. The Morgan fingerprint density at radius 3 is 2.79 bits per heavy atom. The van der Waals surface area contributed by atoms with Crippen molar-refractivity contribution in [2.24, 2.45) is 5.73 Å². The fourth-order valence-electron chi connectivity index (χ4n) is 1.24. The highest BCUT2D eigenvalue weighted by atomic mass is 127. The van der Waals surface area contributed by atoms with Gasteiger partial charge in [-0.1, -0.05) is 6.07 Å². The molecule has 0 saturated carbocycles. The van der Waals surface area contributed by atoms with E-state index in [4.69, 9.17) is 10.5 Å². The van der Waals surface area contributed by atoms with Gasteiger partial charge in [-0.05, 0) is 53.6 Å². The molecule has 3 N–H and O–H groups in total. The normalized spacial score (nSPS) is 10.2. The third-order valence-corrected chi connectivity index (χ3v) is 3.23. The SMILES string of the molecule is COc1ccc(CCCN)c(I)c1O. The van der Waals surface area contributed by atoms with Crippen molar-refractivity contribution in [3.63, 3.8) is 0 Å². The lowest BCUT2D eigenvalue weighted by Crippen LogP contribution is -2.01. The van der Waals surface area contributed by atoms with E-state index in [1.807, 2.05) is 6.07 Å². The maximum absolute atomic E-state index is 9.71. The van der Waals surface area contributed by atoms with E-state index >= 15 is 0 Å². The Kier molecular flexibility index (Phi) is 4.47. The molecule has 1 aromatic rings. The van der Waals surface area contributed by atoms with Crippen LogP contribution in [-0.2, 0) is 6.42 Å². The standard InChI is InChI=1S/C10H14INO2/c1-14-8-5-4-7(3-2-6-12)9(11)10(8)13/h4-5,13H,2-3,6,12H2,1H3. The van der Waals surface area contributed by atoms with Crippen molar-refractivity contribution < 1.29 is 9.84 Å². The molecular weight excluding hydrogens is 293 g/mol. The predicted octanol–water partition coefficient (Wildman–Crippen LogP) is 1.90. The lowest BCUT2D eigenvalue weighted by Gasteiger charge is -2.09. The van der Waals surface area contributed by atoms with Crippen molar-refractivity contribution in [2.75, 3.05) is 13.7 Å². The minimum absolute atomic E-state index is 0.225. The number of phenolic OH excluding ortho intramolecular Hbond substituents is 1. The summed E-state index contributed by atoms with van der Waals surface area (Å²) in [5.74, 6) is 0.744. The van der Waals surface area contributed by atoms with E-state index < -0.39 is 0 Å². The summed E-state index contributed by atoms with van der Waals surface area (Å²) < 4.78 is 5.86. The zero-order valence-electron chi connectivity index (χ0n) is 8.09. The smallest absolute Gasteiger partial charge is 0.171 e. The van der Waals surface area contributed by atoms with Gasteiger partial charge in [-0.25, -0.2) is 0 Å². The van der Waals surface area contributed by atoms with Crippen LogP contribution in [0.2, 0.25) is 0 Å². The summed E-state index contributed by atoms with van der Waals surface area (Å²) in [7, 11) is 1.55. The quantitative estimate of drug-likeness (QED) is 0.835. The molecule has 0 aliphatic heterocycles. The van der Waals surface area contributed by atoms with Crippen molar-refractivity contribution in [3.8, 4) is 11.5 Å². The van der Waals surface area contributed by atoms with Gasteiger partial charge in [0.15, 0.2) is 11.5 Å². The fourth-order valence-corrected chi connectivity index (χ4v) is 1.95. The highest BCUT2D eigenvalue weighted by molar-refractivity contribution is 14.1. The minimum atomic E-state index is 0.225. The van der Waals surface area contributed by atoms with E-state index in [0.29, 0.717) is 12.3 Å². The predicted molar refractivity (Wildman–Crippen MR) is 64.8 cm³/mol. The Morgan fingerprint density at radius 1 is 1.50 bits per heavy atom. The minimum Gasteiger partial charge on any atom is -0.504 e. The van der Waals surface area contributed by atoms with E-state index in [1.54, 1.807) is 13.2 Å². The second-order valence-electron chi connectivity index (χ2n) is 2.98. The van der Waals surface area contributed by atoms with E-state index in [-0.39, 0.29) is 5.75 Å². The van der Waals surface area contributed by atoms with Gasteiger partial charge in [0.1, 0.15) is 0 Å². The maximum Gasteiger partial charge on any atom is 0.171 e. The van der Waals surface area contributed by atoms with E-state index in [9.17, 15) is 5.11 Å². The van der Waals surface area contributed by atoms with Crippen molar-refractivity contribution in [2.45, 2.75) is 12.8 Å². The molecule has 0 atom stereocenters. The first-order chi connectivity index (χ1) is 6.70. The molecule has 3 nitrogen and oxygen atoms in total. The molecule has 0 spiro atoms. The van der Waals surface area contributed by atoms with Gasteiger partial charge < -0.3 is 15.6 Å². The van der Waals surface area contributed by atoms with Gasteiger partial charge in [-0.2, -0.15) is 0 Å². The van der Waals surface area contributed by atoms with Gasteiger partial charge in [0.2, 0.25) is 0 Å². The highest BCUT2D eigenvalue weighted by Gasteiger charge is 2.09. The average molecular weight is 307 g/mol. The van der Waals surface area contributed by atoms with Gasteiger partial charge in [0.05, 0.1) is 10.7 Å². The average Bonchev–Trinajstić information content (AvgIpc) is 2.20. The van der Waals surface area contributed by atoms with Crippen molar-refractivity contribution in [1.29, 1.82) is 0 Å². The molecule has 0 unspecified atom stereocenters. The number of hydrogen-bond donors (Lipinski definition) is 2. The Morgan fingerprint density at radius 2 is 2.21 bits per heavy atom. The molecule has 14 heavy (non-hydrogen) atoms. The summed E-state index contributed by atoms with van der Waals surface area (Å²) in [4.78, 5) is 0. The number of ether oxygens (including phenoxy) is 1. The number of rotatable bonds is 4. The van der Waals surface area contributed by atoms with Crippen molar-refractivity contribution >= 4 is 22.6 Å². The summed E-state index contributed by atoms with van der Waals surface area (Å²) in [6.45, 7) is 0.670. The molecule has 0 aliphatic rings.